The Morgan fingerprint density at radius 3 is 1.18 bits per heavy atom. The van der Waals surface area contributed by atoms with E-state index in [0.29, 0.717) is 23.0 Å². The Labute approximate surface area is 327 Å². The van der Waals surface area contributed by atoms with E-state index < -0.39 is 24.1 Å². The zero-order chi connectivity index (χ0) is 39.6. The maximum Gasteiger partial charge on any atom is 0.330 e. The Balaban J connectivity index is 1.11. The average Bonchev–Trinajstić information content (AvgIpc) is 3.20. The van der Waals surface area contributed by atoms with Crippen molar-refractivity contribution in [1.29, 1.82) is 0 Å². The lowest BCUT2D eigenvalue weighted by atomic mass is 9.96. The Hall–Kier alpha value is -6.54. The first kappa shape index (κ1) is 39.2. The molecule has 0 aliphatic carbocycles. The molecule has 286 valence electrons. The maximum atomic E-state index is 12.2. The standard InChI is InChI=1S/C48H46O8/c1-7-45(49)55-43(27-51-41-19-17-35-13-9-11-15-37(35)25-41)29-53-47-31(3)21-39(22-32(47)4)40-23-33(5)48(34(6)24-40)54-30-44(56-46(50)8-2)28-52-42-20-18-36-14-10-12-16-38(36)26-42/h7-26,43-44H,1-2,27-30H2,3-6H3. The van der Waals surface area contributed by atoms with Crippen LogP contribution in [0.15, 0.2) is 135 Å². The van der Waals surface area contributed by atoms with Crippen molar-refractivity contribution in [3.63, 3.8) is 0 Å². The van der Waals surface area contributed by atoms with Gasteiger partial charge in [-0.05, 0) is 131 Å². The van der Waals surface area contributed by atoms with Crippen LogP contribution in [0.5, 0.6) is 23.0 Å². The first-order valence-electron chi connectivity index (χ1n) is 18.5. The molecule has 56 heavy (non-hydrogen) atoms. The summed E-state index contributed by atoms with van der Waals surface area (Å²) in [6.07, 6.45) is 0.917. The molecular formula is C48H46O8. The molecule has 8 heteroatoms. The van der Waals surface area contributed by atoms with Gasteiger partial charge in [-0.2, -0.15) is 0 Å². The zero-order valence-corrected chi connectivity index (χ0v) is 32.2. The van der Waals surface area contributed by atoms with Gasteiger partial charge in [0.1, 0.15) is 49.4 Å². The highest BCUT2D eigenvalue weighted by atomic mass is 16.6. The number of rotatable bonds is 17. The molecule has 0 heterocycles. The van der Waals surface area contributed by atoms with Crippen LogP contribution in [0.25, 0.3) is 32.7 Å². The van der Waals surface area contributed by atoms with E-state index >= 15 is 0 Å². The molecule has 2 unspecified atom stereocenters. The first-order valence-corrected chi connectivity index (χ1v) is 18.5. The number of hydrogen-bond acceptors (Lipinski definition) is 8. The third-order valence-electron chi connectivity index (χ3n) is 9.29. The van der Waals surface area contributed by atoms with Crippen molar-refractivity contribution in [2.75, 3.05) is 26.4 Å². The SMILES string of the molecule is C=CC(=O)OC(COc1ccc2ccccc2c1)COc1c(C)cc(-c2cc(C)c(OCC(COc3ccc4ccccc4c3)OC(=O)C=C)c(C)c2)cc1C. The van der Waals surface area contributed by atoms with Crippen LogP contribution in [0.2, 0.25) is 0 Å². The Morgan fingerprint density at radius 1 is 0.482 bits per heavy atom. The molecular weight excluding hydrogens is 705 g/mol. The van der Waals surface area contributed by atoms with E-state index in [9.17, 15) is 9.59 Å². The molecule has 0 N–H and O–H groups in total. The number of esters is 2. The quantitative estimate of drug-likeness (QED) is 0.0673. The van der Waals surface area contributed by atoms with Gasteiger partial charge in [-0.1, -0.05) is 73.8 Å². The smallest absolute Gasteiger partial charge is 0.330 e. The van der Waals surface area contributed by atoms with Gasteiger partial charge in [-0.15, -0.1) is 0 Å². The van der Waals surface area contributed by atoms with E-state index in [1.54, 1.807) is 0 Å². The highest BCUT2D eigenvalue weighted by Crippen LogP contribution is 2.35. The number of carbonyl (C=O) groups excluding carboxylic acids is 2. The van der Waals surface area contributed by atoms with E-state index in [1.807, 2.05) is 113 Å². The van der Waals surface area contributed by atoms with Crippen LogP contribution in [-0.2, 0) is 19.1 Å². The largest absolute Gasteiger partial charge is 0.490 e. The number of benzene rings is 6. The third-order valence-corrected chi connectivity index (χ3v) is 9.29. The Bertz CT molecular complexity index is 2160. The molecule has 6 rings (SSSR count). The topological polar surface area (TPSA) is 89.5 Å². The molecule has 0 aliphatic rings. The highest BCUT2D eigenvalue weighted by molar-refractivity contribution is 5.85. The second-order valence-electron chi connectivity index (χ2n) is 13.7. The van der Waals surface area contributed by atoms with Crippen LogP contribution in [0.1, 0.15) is 22.3 Å². The minimum absolute atomic E-state index is 0.0921. The van der Waals surface area contributed by atoms with E-state index in [4.69, 9.17) is 28.4 Å². The third kappa shape index (κ3) is 9.95. The molecule has 0 spiro atoms. The second kappa shape index (κ2) is 18.2. The molecule has 0 bridgehead atoms. The molecule has 6 aromatic rings. The van der Waals surface area contributed by atoms with Gasteiger partial charge in [0.2, 0.25) is 0 Å². The number of hydrogen-bond donors (Lipinski definition) is 0. The number of fused-ring (bicyclic) bond motifs is 2. The number of carbonyl (C=O) groups is 2. The Kier molecular flexibility index (Phi) is 12.7. The average molecular weight is 751 g/mol. The van der Waals surface area contributed by atoms with Gasteiger partial charge >= 0.3 is 11.9 Å². The van der Waals surface area contributed by atoms with Crippen LogP contribution in [-0.4, -0.2) is 50.6 Å². The Morgan fingerprint density at radius 2 is 0.821 bits per heavy atom. The fourth-order valence-corrected chi connectivity index (χ4v) is 6.59. The van der Waals surface area contributed by atoms with Crippen LogP contribution in [0.4, 0.5) is 0 Å². The van der Waals surface area contributed by atoms with Crippen LogP contribution < -0.4 is 18.9 Å². The van der Waals surface area contributed by atoms with Gasteiger partial charge in [0.25, 0.3) is 0 Å². The van der Waals surface area contributed by atoms with Crippen molar-refractivity contribution in [2.24, 2.45) is 0 Å². The maximum absolute atomic E-state index is 12.2. The summed E-state index contributed by atoms with van der Waals surface area (Å²) in [5, 5.41) is 4.33. The highest BCUT2D eigenvalue weighted by Gasteiger charge is 2.20. The van der Waals surface area contributed by atoms with Gasteiger partial charge in [0.15, 0.2) is 12.2 Å². The fourth-order valence-electron chi connectivity index (χ4n) is 6.59. The van der Waals surface area contributed by atoms with Crippen LogP contribution >= 0.6 is 0 Å². The lowest BCUT2D eigenvalue weighted by Crippen LogP contribution is -2.31. The minimum atomic E-state index is -0.673. The van der Waals surface area contributed by atoms with E-state index in [1.165, 1.54) is 0 Å². The normalized spacial score (nSPS) is 12.0. The van der Waals surface area contributed by atoms with E-state index in [0.717, 1.165) is 67.1 Å². The molecule has 0 aliphatic heterocycles. The summed E-state index contributed by atoms with van der Waals surface area (Å²) in [7, 11) is 0. The summed E-state index contributed by atoms with van der Waals surface area (Å²) >= 11 is 0. The van der Waals surface area contributed by atoms with Crippen molar-refractivity contribution < 1.29 is 38.0 Å². The molecule has 8 nitrogen and oxygen atoms in total. The van der Waals surface area contributed by atoms with Crippen LogP contribution in [0.3, 0.4) is 0 Å². The van der Waals surface area contributed by atoms with E-state index in [-0.39, 0.29) is 26.4 Å². The van der Waals surface area contributed by atoms with Gasteiger partial charge in [0, 0.05) is 12.2 Å². The zero-order valence-electron chi connectivity index (χ0n) is 32.2. The molecule has 2 atom stereocenters. The van der Waals surface area contributed by atoms with Gasteiger partial charge < -0.3 is 28.4 Å². The minimum Gasteiger partial charge on any atom is -0.490 e. The second-order valence-corrected chi connectivity index (χ2v) is 13.7. The molecule has 0 saturated heterocycles. The summed E-state index contributed by atoms with van der Waals surface area (Å²) < 4.78 is 35.8. The summed E-state index contributed by atoms with van der Waals surface area (Å²) in [6, 6.07) is 36.0. The van der Waals surface area contributed by atoms with Crippen LogP contribution in [0, 0.1) is 27.7 Å². The molecule has 0 fully saturated rings. The number of ether oxygens (including phenoxy) is 6. The lowest BCUT2D eigenvalue weighted by Gasteiger charge is -2.21. The summed E-state index contributed by atoms with van der Waals surface area (Å²) in [4.78, 5) is 24.4. The monoisotopic (exact) mass is 750 g/mol. The van der Waals surface area contributed by atoms with Crippen molar-refractivity contribution in [1.82, 2.24) is 0 Å². The summed E-state index contributed by atoms with van der Waals surface area (Å²) in [5.74, 6) is 1.65. The van der Waals surface area contributed by atoms with Gasteiger partial charge in [-0.25, -0.2) is 9.59 Å². The van der Waals surface area contributed by atoms with Crippen molar-refractivity contribution in [3.05, 3.63) is 157 Å². The fraction of sp³-hybridized carbons (Fsp3) is 0.208. The van der Waals surface area contributed by atoms with Crippen molar-refractivity contribution in [2.45, 2.75) is 39.9 Å². The van der Waals surface area contributed by atoms with Gasteiger partial charge in [-0.3, -0.25) is 0 Å². The predicted molar refractivity (Wildman–Crippen MR) is 221 cm³/mol. The predicted octanol–water partition coefficient (Wildman–Crippen LogP) is 10.0. The van der Waals surface area contributed by atoms with E-state index in [2.05, 4.69) is 37.4 Å². The van der Waals surface area contributed by atoms with Crippen molar-refractivity contribution in [3.8, 4) is 34.1 Å². The summed E-state index contributed by atoms with van der Waals surface area (Å²) in [5.41, 5.74) is 5.74. The summed E-state index contributed by atoms with van der Waals surface area (Å²) in [6.45, 7) is 15.4. The number of aryl methyl sites for hydroxylation is 4. The molecule has 0 amide bonds. The molecule has 0 radical (unpaired) electrons. The first-order chi connectivity index (χ1) is 27.1. The molecule has 0 saturated carbocycles. The molecule has 6 aromatic carbocycles. The van der Waals surface area contributed by atoms with Gasteiger partial charge in [0.05, 0.1) is 0 Å². The molecule has 0 aromatic heterocycles. The lowest BCUT2D eigenvalue weighted by molar-refractivity contribution is -0.147. The van der Waals surface area contributed by atoms with Crippen molar-refractivity contribution >= 4 is 33.5 Å².